The van der Waals surface area contributed by atoms with Crippen LogP contribution in [0.4, 0.5) is 0 Å². The molecule has 1 rings (SSSR count). The number of rotatable bonds is 3. The molecule has 1 saturated carbocycles. The highest BCUT2D eigenvalue weighted by molar-refractivity contribution is 4.90. The van der Waals surface area contributed by atoms with Gasteiger partial charge in [-0.1, -0.05) is 47.5 Å². The van der Waals surface area contributed by atoms with Gasteiger partial charge in [0.2, 0.25) is 0 Å². The molecule has 1 aliphatic carbocycles. The van der Waals surface area contributed by atoms with Gasteiger partial charge in [-0.15, -0.1) is 0 Å². The quantitative estimate of drug-likeness (QED) is 0.594. The molecule has 14 heavy (non-hydrogen) atoms. The minimum atomic E-state index is 0.513. The summed E-state index contributed by atoms with van der Waals surface area (Å²) in [7, 11) is 0. The van der Waals surface area contributed by atoms with Crippen molar-refractivity contribution in [1.82, 2.24) is 0 Å². The van der Waals surface area contributed by atoms with Crippen molar-refractivity contribution in [2.75, 3.05) is 0 Å². The Bertz CT molecular complexity index is 171. The van der Waals surface area contributed by atoms with E-state index in [1.807, 2.05) is 0 Å². The van der Waals surface area contributed by atoms with E-state index in [4.69, 9.17) is 0 Å². The van der Waals surface area contributed by atoms with Gasteiger partial charge in [-0.3, -0.25) is 0 Å². The van der Waals surface area contributed by atoms with E-state index in [0.29, 0.717) is 10.8 Å². The van der Waals surface area contributed by atoms with E-state index in [2.05, 4.69) is 34.6 Å². The summed E-state index contributed by atoms with van der Waals surface area (Å²) in [6.07, 6.45) is 8.68. The first-order chi connectivity index (χ1) is 6.37. The summed E-state index contributed by atoms with van der Waals surface area (Å²) >= 11 is 0. The van der Waals surface area contributed by atoms with Crippen molar-refractivity contribution in [3.8, 4) is 0 Å². The molecular weight excluding hydrogens is 168 g/mol. The van der Waals surface area contributed by atoms with E-state index in [9.17, 15) is 0 Å². The van der Waals surface area contributed by atoms with Crippen molar-refractivity contribution in [2.24, 2.45) is 16.7 Å². The molecule has 0 heterocycles. The summed E-state index contributed by atoms with van der Waals surface area (Å²) in [5.41, 5.74) is 1.21. The van der Waals surface area contributed by atoms with Gasteiger partial charge in [0.15, 0.2) is 0 Å². The van der Waals surface area contributed by atoms with E-state index in [-0.39, 0.29) is 0 Å². The third kappa shape index (κ3) is 3.29. The molecule has 0 aliphatic heterocycles. The molecule has 0 aromatic carbocycles. The van der Waals surface area contributed by atoms with Gasteiger partial charge >= 0.3 is 0 Å². The van der Waals surface area contributed by atoms with Crippen LogP contribution in [0.5, 0.6) is 0 Å². The molecule has 0 amide bonds. The van der Waals surface area contributed by atoms with Crippen LogP contribution in [0.3, 0.4) is 0 Å². The first kappa shape index (κ1) is 12.1. The van der Waals surface area contributed by atoms with Gasteiger partial charge in [0.1, 0.15) is 0 Å². The minimum absolute atomic E-state index is 0.513. The van der Waals surface area contributed by atoms with E-state index in [1.165, 1.54) is 38.5 Å². The number of hydrogen-bond donors (Lipinski definition) is 0. The standard InChI is InChI=1S/C14H28/c1-6-8-14(11-13(3,4)5)9-7-12(2)10-14/h12H,6-11H2,1-5H3. The normalized spacial score (nSPS) is 33.6. The van der Waals surface area contributed by atoms with Crippen LogP contribution < -0.4 is 0 Å². The van der Waals surface area contributed by atoms with Gasteiger partial charge in [0, 0.05) is 0 Å². The van der Waals surface area contributed by atoms with E-state index < -0.39 is 0 Å². The molecule has 0 radical (unpaired) electrons. The van der Waals surface area contributed by atoms with Crippen LogP contribution >= 0.6 is 0 Å². The maximum Gasteiger partial charge on any atom is -0.0290 e. The Morgan fingerprint density at radius 2 is 1.93 bits per heavy atom. The molecule has 0 heteroatoms. The Morgan fingerprint density at radius 1 is 1.29 bits per heavy atom. The monoisotopic (exact) mass is 196 g/mol. The Balaban J connectivity index is 2.63. The van der Waals surface area contributed by atoms with Gasteiger partial charge in [-0.25, -0.2) is 0 Å². The van der Waals surface area contributed by atoms with Crippen LogP contribution in [-0.4, -0.2) is 0 Å². The van der Waals surface area contributed by atoms with E-state index in [0.717, 1.165) is 5.92 Å². The number of hydrogen-bond acceptors (Lipinski definition) is 0. The highest BCUT2D eigenvalue weighted by Gasteiger charge is 2.39. The molecule has 0 nitrogen and oxygen atoms in total. The van der Waals surface area contributed by atoms with Crippen molar-refractivity contribution in [3.63, 3.8) is 0 Å². The van der Waals surface area contributed by atoms with Gasteiger partial charge in [0.25, 0.3) is 0 Å². The topological polar surface area (TPSA) is 0 Å². The zero-order valence-electron chi connectivity index (χ0n) is 10.8. The fraction of sp³-hybridized carbons (Fsp3) is 1.00. The Kier molecular flexibility index (Phi) is 3.66. The predicted molar refractivity (Wildman–Crippen MR) is 64.4 cm³/mol. The Hall–Kier alpha value is 0. The SMILES string of the molecule is CCCC1(CC(C)(C)C)CCC(C)C1. The first-order valence-corrected chi connectivity index (χ1v) is 6.37. The largest absolute Gasteiger partial charge is 0.0654 e. The van der Waals surface area contributed by atoms with Crippen LogP contribution in [0, 0.1) is 16.7 Å². The van der Waals surface area contributed by atoms with Crippen LogP contribution in [0.25, 0.3) is 0 Å². The summed E-state index contributed by atoms with van der Waals surface area (Å²) in [6.45, 7) is 12.0. The maximum absolute atomic E-state index is 2.43. The van der Waals surface area contributed by atoms with Crippen LogP contribution in [0.15, 0.2) is 0 Å². The zero-order valence-corrected chi connectivity index (χ0v) is 10.8. The van der Waals surface area contributed by atoms with Gasteiger partial charge < -0.3 is 0 Å². The van der Waals surface area contributed by atoms with Crippen molar-refractivity contribution in [2.45, 2.75) is 73.1 Å². The Morgan fingerprint density at radius 3 is 2.29 bits per heavy atom. The maximum atomic E-state index is 2.43. The lowest BCUT2D eigenvalue weighted by atomic mass is 9.70. The smallest absolute Gasteiger partial charge is 0.0290 e. The summed E-state index contributed by atoms with van der Waals surface area (Å²) in [6, 6.07) is 0. The molecular formula is C14H28. The average molecular weight is 196 g/mol. The van der Waals surface area contributed by atoms with Gasteiger partial charge in [0.05, 0.1) is 0 Å². The lowest BCUT2D eigenvalue weighted by Crippen LogP contribution is -2.24. The van der Waals surface area contributed by atoms with Gasteiger partial charge in [-0.2, -0.15) is 0 Å². The summed E-state index contributed by atoms with van der Waals surface area (Å²) in [5, 5.41) is 0. The molecule has 0 aromatic heterocycles. The molecule has 0 saturated heterocycles. The fourth-order valence-electron chi connectivity index (χ4n) is 3.63. The molecule has 0 aromatic rings. The predicted octanol–water partition coefficient (Wildman–Crippen LogP) is 5.03. The highest BCUT2D eigenvalue weighted by Crippen LogP contribution is 2.51. The lowest BCUT2D eigenvalue weighted by Gasteiger charge is -2.36. The molecule has 1 aliphatic rings. The second-order valence-corrected chi connectivity index (χ2v) is 6.84. The minimum Gasteiger partial charge on any atom is -0.0654 e. The Labute approximate surface area is 90.5 Å². The van der Waals surface area contributed by atoms with Crippen molar-refractivity contribution >= 4 is 0 Å². The molecule has 0 bridgehead atoms. The first-order valence-electron chi connectivity index (χ1n) is 6.37. The highest BCUT2D eigenvalue weighted by atomic mass is 14.4. The second kappa shape index (κ2) is 4.24. The van der Waals surface area contributed by atoms with Crippen molar-refractivity contribution < 1.29 is 0 Å². The molecule has 0 spiro atoms. The zero-order chi connectivity index (χ0) is 10.8. The molecule has 2 atom stereocenters. The molecule has 2 unspecified atom stereocenters. The van der Waals surface area contributed by atoms with Crippen molar-refractivity contribution in [1.29, 1.82) is 0 Å². The van der Waals surface area contributed by atoms with E-state index >= 15 is 0 Å². The lowest BCUT2D eigenvalue weighted by molar-refractivity contribution is 0.156. The molecule has 0 N–H and O–H groups in total. The fourth-order valence-corrected chi connectivity index (χ4v) is 3.63. The van der Waals surface area contributed by atoms with Crippen LogP contribution in [-0.2, 0) is 0 Å². The van der Waals surface area contributed by atoms with Crippen LogP contribution in [0.1, 0.15) is 73.1 Å². The van der Waals surface area contributed by atoms with Crippen LogP contribution in [0.2, 0.25) is 0 Å². The van der Waals surface area contributed by atoms with Gasteiger partial charge in [-0.05, 0) is 42.4 Å². The molecule has 1 fully saturated rings. The summed E-state index contributed by atoms with van der Waals surface area (Å²) < 4.78 is 0. The summed E-state index contributed by atoms with van der Waals surface area (Å²) in [5.74, 6) is 0.976. The summed E-state index contributed by atoms with van der Waals surface area (Å²) in [4.78, 5) is 0. The third-order valence-electron chi connectivity index (χ3n) is 3.63. The average Bonchev–Trinajstić information content (AvgIpc) is 2.28. The second-order valence-electron chi connectivity index (χ2n) is 6.84. The third-order valence-corrected chi connectivity index (χ3v) is 3.63. The van der Waals surface area contributed by atoms with E-state index in [1.54, 1.807) is 0 Å². The molecule has 84 valence electrons. The van der Waals surface area contributed by atoms with Crippen molar-refractivity contribution in [3.05, 3.63) is 0 Å².